The lowest BCUT2D eigenvalue weighted by Gasteiger charge is -2.16. The fourth-order valence-corrected chi connectivity index (χ4v) is 2.05. The SMILES string of the molecule is CN(C)c1ccc(N)c(Oc2ccc(Br)cc2C#N)c1. The van der Waals surface area contributed by atoms with Crippen molar-refractivity contribution in [3.8, 4) is 17.6 Å². The molecule has 0 fully saturated rings. The zero-order chi connectivity index (χ0) is 14.7. The molecule has 5 heteroatoms. The van der Waals surface area contributed by atoms with Crippen molar-refractivity contribution >= 4 is 27.3 Å². The molecule has 0 bridgehead atoms. The van der Waals surface area contributed by atoms with Gasteiger partial charge in [0.05, 0.1) is 11.3 Å². The summed E-state index contributed by atoms with van der Waals surface area (Å²) < 4.78 is 6.61. The Morgan fingerprint density at radius 1 is 1.15 bits per heavy atom. The second-order valence-corrected chi connectivity index (χ2v) is 5.39. The first kappa shape index (κ1) is 14.2. The lowest BCUT2D eigenvalue weighted by molar-refractivity contribution is 0.483. The highest BCUT2D eigenvalue weighted by molar-refractivity contribution is 9.10. The van der Waals surface area contributed by atoms with E-state index in [-0.39, 0.29) is 0 Å². The molecular formula is C15H14BrN3O. The molecule has 0 unspecified atom stereocenters. The molecule has 0 aliphatic carbocycles. The quantitative estimate of drug-likeness (QED) is 0.870. The largest absolute Gasteiger partial charge is 0.454 e. The molecule has 0 radical (unpaired) electrons. The van der Waals surface area contributed by atoms with E-state index in [1.807, 2.05) is 37.2 Å². The van der Waals surface area contributed by atoms with E-state index in [9.17, 15) is 0 Å². The molecule has 0 aromatic heterocycles. The van der Waals surface area contributed by atoms with Gasteiger partial charge in [-0.05, 0) is 30.3 Å². The summed E-state index contributed by atoms with van der Waals surface area (Å²) in [5, 5.41) is 9.14. The number of nitrogens with zero attached hydrogens (tertiary/aromatic N) is 2. The second kappa shape index (κ2) is 5.85. The summed E-state index contributed by atoms with van der Waals surface area (Å²) in [5.74, 6) is 1.02. The molecule has 2 rings (SSSR count). The molecule has 2 aromatic carbocycles. The third-order valence-corrected chi connectivity index (χ3v) is 3.29. The van der Waals surface area contributed by atoms with Gasteiger partial charge in [0, 0.05) is 30.3 Å². The van der Waals surface area contributed by atoms with Crippen molar-refractivity contribution in [2.24, 2.45) is 0 Å². The lowest BCUT2D eigenvalue weighted by atomic mass is 10.2. The zero-order valence-electron chi connectivity index (χ0n) is 11.2. The zero-order valence-corrected chi connectivity index (χ0v) is 12.8. The number of rotatable bonds is 3. The van der Waals surface area contributed by atoms with Crippen molar-refractivity contribution in [2.45, 2.75) is 0 Å². The first-order valence-corrected chi connectivity index (χ1v) is 6.75. The van der Waals surface area contributed by atoms with Crippen LogP contribution in [0.25, 0.3) is 0 Å². The molecule has 20 heavy (non-hydrogen) atoms. The summed E-state index contributed by atoms with van der Waals surface area (Å²) in [6.45, 7) is 0. The molecule has 0 aliphatic heterocycles. The van der Waals surface area contributed by atoms with Gasteiger partial charge in [-0.1, -0.05) is 15.9 Å². The van der Waals surface area contributed by atoms with E-state index in [0.717, 1.165) is 10.2 Å². The number of ether oxygens (including phenoxy) is 1. The van der Waals surface area contributed by atoms with E-state index >= 15 is 0 Å². The molecule has 0 heterocycles. The molecule has 0 amide bonds. The predicted octanol–water partition coefficient (Wildman–Crippen LogP) is 3.76. The van der Waals surface area contributed by atoms with Gasteiger partial charge in [0.2, 0.25) is 0 Å². The van der Waals surface area contributed by atoms with Gasteiger partial charge in [-0.15, -0.1) is 0 Å². The summed E-state index contributed by atoms with van der Waals surface area (Å²) in [6.07, 6.45) is 0. The third-order valence-electron chi connectivity index (χ3n) is 2.80. The van der Waals surface area contributed by atoms with Gasteiger partial charge in [0.15, 0.2) is 5.75 Å². The van der Waals surface area contributed by atoms with Gasteiger partial charge in [-0.2, -0.15) is 5.26 Å². The van der Waals surface area contributed by atoms with Crippen LogP contribution in [0.5, 0.6) is 11.5 Å². The molecule has 2 aromatic rings. The average molecular weight is 332 g/mol. The van der Waals surface area contributed by atoms with Crippen LogP contribution in [0.4, 0.5) is 11.4 Å². The highest BCUT2D eigenvalue weighted by Crippen LogP contribution is 2.33. The molecule has 0 spiro atoms. The van der Waals surface area contributed by atoms with Gasteiger partial charge < -0.3 is 15.4 Å². The molecule has 102 valence electrons. The van der Waals surface area contributed by atoms with E-state index in [1.165, 1.54) is 0 Å². The van der Waals surface area contributed by atoms with Crippen molar-refractivity contribution in [3.05, 3.63) is 46.4 Å². The molecule has 0 saturated carbocycles. The molecule has 0 aliphatic rings. The Balaban J connectivity index is 2.40. The highest BCUT2D eigenvalue weighted by atomic mass is 79.9. The Hall–Kier alpha value is -2.19. The van der Waals surface area contributed by atoms with Crippen molar-refractivity contribution in [1.29, 1.82) is 5.26 Å². The van der Waals surface area contributed by atoms with Gasteiger partial charge in [0.1, 0.15) is 11.8 Å². The van der Waals surface area contributed by atoms with Crippen molar-refractivity contribution in [2.75, 3.05) is 24.7 Å². The minimum atomic E-state index is 0.453. The maximum Gasteiger partial charge on any atom is 0.152 e. The van der Waals surface area contributed by atoms with Gasteiger partial charge in [-0.25, -0.2) is 0 Å². The van der Waals surface area contributed by atoms with Crippen molar-refractivity contribution in [3.63, 3.8) is 0 Å². The third kappa shape index (κ3) is 3.03. The number of nitrogen functional groups attached to an aromatic ring is 1. The summed E-state index contributed by atoms with van der Waals surface area (Å²) >= 11 is 3.33. The Morgan fingerprint density at radius 2 is 1.90 bits per heavy atom. The Kier molecular flexibility index (Phi) is 4.16. The molecular weight excluding hydrogens is 318 g/mol. The Bertz CT molecular complexity index is 677. The maximum absolute atomic E-state index is 9.14. The van der Waals surface area contributed by atoms with E-state index in [2.05, 4.69) is 22.0 Å². The minimum Gasteiger partial charge on any atom is -0.454 e. The average Bonchev–Trinajstić information content (AvgIpc) is 2.42. The van der Waals surface area contributed by atoms with Crippen LogP contribution >= 0.6 is 15.9 Å². The summed E-state index contributed by atoms with van der Waals surface area (Å²) in [6, 6.07) is 12.9. The first-order chi connectivity index (χ1) is 9.51. The van der Waals surface area contributed by atoms with Crippen LogP contribution < -0.4 is 15.4 Å². The van der Waals surface area contributed by atoms with Crippen LogP contribution in [0.2, 0.25) is 0 Å². The van der Waals surface area contributed by atoms with E-state index in [0.29, 0.717) is 22.7 Å². The summed E-state index contributed by atoms with van der Waals surface area (Å²) in [4.78, 5) is 1.96. The lowest BCUT2D eigenvalue weighted by Crippen LogP contribution is -2.08. The summed E-state index contributed by atoms with van der Waals surface area (Å²) in [7, 11) is 3.88. The number of halogens is 1. The highest BCUT2D eigenvalue weighted by Gasteiger charge is 2.09. The van der Waals surface area contributed by atoms with Crippen molar-refractivity contribution in [1.82, 2.24) is 0 Å². The molecule has 0 saturated heterocycles. The second-order valence-electron chi connectivity index (χ2n) is 4.47. The number of nitrogens with two attached hydrogens (primary N) is 1. The Morgan fingerprint density at radius 3 is 2.55 bits per heavy atom. The standard InChI is InChI=1S/C15H14BrN3O/c1-19(2)12-4-5-13(18)15(8-12)20-14-6-3-11(16)7-10(14)9-17/h3-8H,18H2,1-2H3. The molecule has 4 nitrogen and oxygen atoms in total. The van der Waals surface area contributed by atoms with E-state index in [4.69, 9.17) is 15.7 Å². The number of nitriles is 1. The van der Waals surface area contributed by atoms with E-state index < -0.39 is 0 Å². The van der Waals surface area contributed by atoms with Gasteiger partial charge >= 0.3 is 0 Å². The molecule has 2 N–H and O–H groups in total. The first-order valence-electron chi connectivity index (χ1n) is 5.95. The van der Waals surface area contributed by atoms with Gasteiger partial charge in [-0.3, -0.25) is 0 Å². The number of hydrogen-bond donors (Lipinski definition) is 1. The smallest absolute Gasteiger partial charge is 0.152 e. The Labute approximate surface area is 126 Å². The van der Waals surface area contributed by atoms with Crippen LogP contribution in [0.15, 0.2) is 40.9 Å². The maximum atomic E-state index is 9.14. The normalized spacial score (nSPS) is 9.90. The van der Waals surface area contributed by atoms with Crippen LogP contribution in [-0.2, 0) is 0 Å². The van der Waals surface area contributed by atoms with Gasteiger partial charge in [0.25, 0.3) is 0 Å². The van der Waals surface area contributed by atoms with Crippen molar-refractivity contribution < 1.29 is 4.74 Å². The van der Waals surface area contributed by atoms with Crippen LogP contribution in [0.1, 0.15) is 5.56 Å². The fraction of sp³-hybridized carbons (Fsp3) is 0.133. The predicted molar refractivity (Wildman–Crippen MR) is 84.1 cm³/mol. The van der Waals surface area contributed by atoms with Crippen LogP contribution in [-0.4, -0.2) is 14.1 Å². The number of hydrogen-bond acceptors (Lipinski definition) is 4. The minimum absolute atomic E-state index is 0.453. The number of benzene rings is 2. The van der Waals surface area contributed by atoms with Crippen LogP contribution in [0.3, 0.4) is 0 Å². The molecule has 0 atom stereocenters. The topological polar surface area (TPSA) is 62.3 Å². The van der Waals surface area contributed by atoms with Crippen LogP contribution in [0, 0.1) is 11.3 Å². The summed E-state index contributed by atoms with van der Waals surface area (Å²) in [5.41, 5.74) is 7.88. The van der Waals surface area contributed by atoms with E-state index in [1.54, 1.807) is 18.2 Å². The fourth-order valence-electron chi connectivity index (χ4n) is 1.69. The number of anilines is 2. The monoisotopic (exact) mass is 331 g/mol.